The highest BCUT2D eigenvalue weighted by Crippen LogP contribution is 2.27. The van der Waals surface area contributed by atoms with Gasteiger partial charge in [-0.05, 0) is 18.8 Å². The molecule has 5 nitrogen and oxygen atoms in total. The fourth-order valence-electron chi connectivity index (χ4n) is 3.14. The number of furan rings is 1. The summed E-state index contributed by atoms with van der Waals surface area (Å²) in [6.07, 6.45) is 9.22. The van der Waals surface area contributed by atoms with Crippen LogP contribution in [-0.2, 0) is 6.42 Å². The Morgan fingerprint density at radius 2 is 2.05 bits per heavy atom. The lowest BCUT2D eigenvalue weighted by molar-refractivity contribution is 0.0694. The van der Waals surface area contributed by atoms with Crippen molar-refractivity contribution in [1.29, 1.82) is 0 Å². The third-order valence-electron chi connectivity index (χ3n) is 4.38. The second-order valence-corrected chi connectivity index (χ2v) is 6.01. The molecule has 22 heavy (non-hydrogen) atoms. The molecular formula is C17H25NO4. The smallest absolute Gasteiger partial charge is 0.339 e. The molecule has 2 rings (SSSR count). The van der Waals surface area contributed by atoms with Crippen LogP contribution in [-0.4, -0.2) is 23.5 Å². The van der Waals surface area contributed by atoms with Gasteiger partial charge in [-0.2, -0.15) is 0 Å². The maximum Gasteiger partial charge on any atom is 0.339 e. The van der Waals surface area contributed by atoms with E-state index in [1.54, 1.807) is 6.92 Å². The molecule has 1 aliphatic rings. The molecule has 0 atom stereocenters. The van der Waals surface area contributed by atoms with Crippen molar-refractivity contribution in [2.45, 2.75) is 58.3 Å². The van der Waals surface area contributed by atoms with Gasteiger partial charge in [0, 0.05) is 19.0 Å². The molecule has 0 aliphatic heterocycles. The van der Waals surface area contributed by atoms with Gasteiger partial charge in [0.2, 0.25) is 0 Å². The first-order chi connectivity index (χ1) is 10.6. The minimum absolute atomic E-state index is 0.0786. The molecule has 5 heteroatoms. The highest BCUT2D eigenvalue weighted by Gasteiger charge is 2.20. The van der Waals surface area contributed by atoms with Gasteiger partial charge in [0.15, 0.2) is 5.76 Å². The first kappa shape index (κ1) is 16.6. The fraction of sp³-hybridized carbons (Fsp3) is 0.647. The van der Waals surface area contributed by atoms with Crippen molar-refractivity contribution in [3.8, 4) is 0 Å². The number of hydrogen-bond acceptors (Lipinski definition) is 3. The van der Waals surface area contributed by atoms with Crippen molar-refractivity contribution in [2.24, 2.45) is 5.92 Å². The van der Waals surface area contributed by atoms with Gasteiger partial charge in [-0.1, -0.05) is 39.0 Å². The molecule has 0 aromatic carbocycles. The van der Waals surface area contributed by atoms with Gasteiger partial charge in [0.05, 0.1) is 0 Å². The second-order valence-electron chi connectivity index (χ2n) is 6.01. The molecule has 0 radical (unpaired) electrons. The molecule has 1 fully saturated rings. The van der Waals surface area contributed by atoms with E-state index in [-0.39, 0.29) is 17.2 Å². The number of carbonyl (C=O) groups excluding carboxylic acids is 1. The summed E-state index contributed by atoms with van der Waals surface area (Å²) in [4.78, 5) is 23.1. The predicted molar refractivity (Wildman–Crippen MR) is 83.2 cm³/mol. The summed E-state index contributed by atoms with van der Waals surface area (Å²) < 4.78 is 5.34. The Morgan fingerprint density at radius 3 is 2.64 bits per heavy atom. The molecule has 1 heterocycles. The Hall–Kier alpha value is -1.78. The quantitative estimate of drug-likeness (QED) is 0.754. The zero-order chi connectivity index (χ0) is 15.9. The maximum atomic E-state index is 12.0. The Labute approximate surface area is 131 Å². The van der Waals surface area contributed by atoms with E-state index in [0.29, 0.717) is 18.7 Å². The van der Waals surface area contributed by atoms with E-state index in [1.165, 1.54) is 38.2 Å². The first-order valence-corrected chi connectivity index (χ1v) is 8.26. The van der Waals surface area contributed by atoms with Crippen molar-refractivity contribution in [2.75, 3.05) is 6.54 Å². The summed E-state index contributed by atoms with van der Waals surface area (Å²) in [5, 5.41) is 11.9. The van der Waals surface area contributed by atoms with E-state index in [2.05, 4.69) is 5.32 Å². The van der Waals surface area contributed by atoms with Gasteiger partial charge in [-0.25, -0.2) is 4.79 Å². The van der Waals surface area contributed by atoms with Crippen molar-refractivity contribution < 1.29 is 19.1 Å². The molecular weight excluding hydrogens is 282 g/mol. The summed E-state index contributed by atoms with van der Waals surface area (Å²) in [6.45, 7) is 2.41. The van der Waals surface area contributed by atoms with Gasteiger partial charge in [0.1, 0.15) is 11.3 Å². The zero-order valence-electron chi connectivity index (χ0n) is 13.2. The van der Waals surface area contributed by atoms with E-state index in [9.17, 15) is 9.59 Å². The number of carboxylic acids is 1. The number of amides is 1. The average molecular weight is 307 g/mol. The lowest BCUT2D eigenvalue weighted by atomic mass is 9.86. The number of hydrogen-bond donors (Lipinski definition) is 2. The van der Waals surface area contributed by atoms with E-state index in [1.807, 2.05) is 0 Å². The van der Waals surface area contributed by atoms with Crippen molar-refractivity contribution >= 4 is 11.9 Å². The molecule has 0 unspecified atom stereocenters. The summed E-state index contributed by atoms with van der Waals surface area (Å²) >= 11 is 0. The van der Waals surface area contributed by atoms with E-state index in [0.717, 1.165) is 18.8 Å². The summed E-state index contributed by atoms with van der Waals surface area (Å²) in [5.41, 5.74) is 0.0786. The number of carbonyl (C=O) groups is 2. The van der Waals surface area contributed by atoms with E-state index < -0.39 is 5.97 Å². The molecule has 1 saturated carbocycles. The summed E-state index contributed by atoms with van der Waals surface area (Å²) in [5.74, 6) is -0.144. The van der Waals surface area contributed by atoms with Crippen LogP contribution in [0.2, 0.25) is 0 Å². The van der Waals surface area contributed by atoms with Crippen LogP contribution in [0.15, 0.2) is 10.5 Å². The van der Waals surface area contributed by atoms with Crippen LogP contribution >= 0.6 is 0 Å². The SMILES string of the molecule is CCc1oc(C(=O)NCCCC2CCCCC2)cc1C(=O)O. The summed E-state index contributed by atoms with van der Waals surface area (Å²) in [6, 6.07) is 1.32. The van der Waals surface area contributed by atoms with Gasteiger partial charge >= 0.3 is 5.97 Å². The van der Waals surface area contributed by atoms with Crippen LogP contribution in [0.4, 0.5) is 0 Å². The van der Waals surface area contributed by atoms with Crippen LogP contribution in [0.5, 0.6) is 0 Å². The molecule has 1 amide bonds. The molecule has 1 aromatic rings. The molecule has 122 valence electrons. The standard InChI is InChI=1S/C17H25NO4/c1-2-14-13(17(20)21)11-15(22-14)16(19)18-10-6-9-12-7-4-3-5-8-12/h11-12H,2-10H2,1H3,(H,18,19)(H,20,21). The monoisotopic (exact) mass is 307 g/mol. The largest absolute Gasteiger partial charge is 0.478 e. The molecule has 0 spiro atoms. The predicted octanol–water partition coefficient (Wildman–Crippen LogP) is 3.63. The molecule has 0 bridgehead atoms. The zero-order valence-corrected chi connectivity index (χ0v) is 13.2. The summed E-state index contributed by atoms with van der Waals surface area (Å²) in [7, 11) is 0. The van der Waals surface area contributed by atoms with Gasteiger partial charge in [-0.3, -0.25) is 4.79 Å². The van der Waals surface area contributed by atoms with Crippen LogP contribution in [0.1, 0.15) is 78.5 Å². The number of aryl methyl sites for hydroxylation is 1. The van der Waals surface area contributed by atoms with Gasteiger partial charge in [-0.15, -0.1) is 0 Å². The molecule has 1 aliphatic carbocycles. The Kier molecular flexibility index (Phi) is 6.04. The fourth-order valence-corrected chi connectivity index (χ4v) is 3.14. The van der Waals surface area contributed by atoms with Crippen molar-refractivity contribution in [3.63, 3.8) is 0 Å². The lowest BCUT2D eigenvalue weighted by Crippen LogP contribution is -2.24. The Bertz CT molecular complexity index is 515. The van der Waals surface area contributed by atoms with E-state index >= 15 is 0 Å². The van der Waals surface area contributed by atoms with Crippen LogP contribution in [0.25, 0.3) is 0 Å². The Morgan fingerprint density at radius 1 is 1.32 bits per heavy atom. The minimum atomic E-state index is -1.06. The topological polar surface area (TPSA) is 79.5 Å². The maximum absolute atomic E-state index is 12.0. The van der Waals surface area contributed by atoms with Crippen molar-refractivity contribution in [3.05, 3.63) is 23.2 Å². The third kappa shape index (κ3) is 4.36. The number of aromatic carboxylic acids is 1. The highest BCUT2D eigenvalue weighted by molar-refractivity contribution is 5.96. The molecule has 2 N–H and O–H groups in total. The Balaban J connectivity index is 1.78. The normalized spacial score (nSPS) is 15.7. The lowest BCUT2D eigenvalue weighted by Gasteiger charge is -2.21. The first-order valence-electron chi connectivity index (χ1n) is 8.26. The average Bonchev–Trinajstić information content (AvgIpc) is 2.97. The van der Waals surface area contributed by atoms with Crippen molar-refractivity contribution in [1.82, 2.24) is 5.32 Å². The molecule has 1 aromatic heterocycles. The minimum Gasteiger partial charge on any atom is -0.478 e. The number of carboxylic acid groups (broad SMARTS) is 1. The van der Waals surface area contributed by atoms with E-state index in [4.69, 9.17) is 9.52 Å². The van der Waals surface area contributed by atoms with Crippen LogP contribution in [0.3, 0.4) is 0 Å². The molecule has 0 saturated heterocycles. The third-order valence-corrected chi connectivity index (χ3v) is 4.38. The number of rotatable bonds is 7. The second kappa shape index (κ2) is 8.01. The van der Waals surface area contributed by atoms with Gasteiger partial charge in [0.25, 0.3) is 5.91 Å². The van der Waals surface area contributed by atoms with Crippen LogP contribution < -0.4 is 5.32 Å². The highest BCUT2D eigenvalue weighted by atomic mass is 16.4. The number of nitrogens with one attached hydrogen (secondary N) is 1. The van der Waals surface area contributed by atoms with Crippen LogP contribution in [0, 0.1) is 5.92 Å². The van der Waals surface area contributed by atoms with Gasteiger partial charge < -0.3 is 14.8 Å².